The van der Waals surface area contributed by atoms with Gasteiger partial charge in [-0.2, -0.15) is 5.26 Å². The minimum atomic E-state index is -0.110. The summed E-state index contributed by atoms with van der Waals surface area (Å²) in [6.07, 6.45) is 6.15. The van der Waals surface area contributed by atoms with Crippen molar-refractivity contribution in [2.45, 2.75) is 6.42 Å². The second-order valence-corrected chi connectivity index (χ2v) is 3.95. The van der Waals surface area contributed by atoms with Crippen molar-refractivity contribution in [1.82, 2.24) is 14.5 Å². The summed E-state index contributed by atoms with van der Waals surface area (Å²) in [7, 11) is 1.84. The van der Waals surface area contributed by atoms with Crippen LogP contribution < -0.4 is 5.32 Å². The van der Waals surface area contributed by atoms with Crippen molar-refractivity contribution in [2.75, 3.05) is 18.4 Å². The number of carbonyl (C=O) groups is 1. The summed E-state index contributed by atoms with van der Waals surface area (Å²) in [5.74, 6) is 0.390. The van der Waals surface area contributed by atoms with Gasteiger partial charge in [-0.15, -0.1) is 0 Å². The molecule has 0 unspecified atom stereocenters. The van der Waals surface area contributed by atoms with Crippen LogP contribution in [-0.2, 0) is 11.8 Å². The summed E-state index contributed by atoms with van der Waals surface area (Å²) in [6, 6.07) is 0. The van der Waals surface area contributed by atoms with E-state index in [0.29, 0.717) is 18.9 Å². The molecule has 1 fully saturated rings. The molecule has 6 heteroatoms. The van der Waals surface area contributed by atoms with Gasteiger partial charge < -0.3 is 14.8 Å². The first kappa shape index (κ1) is 10.5. The van der Waals surface area contributed by atoms with Gasteiger partial charge in [-0.05, 0) is 6.42 Å². The van der Waals surface area contributed by atoms with Crippen LogP contribution in [0.15, 0.2) is 12.5 Å². The summed E-state index contributed by atoms with van der Waals surface area (Å²) >= 11 is 0. The molecule has 2 heterocycles. The largest absolute Gasteiger partial charge is 0.338 e. The fourth-order valence-electron chi connectivity index (χ4n) is 1.77. The normalized spacial score (nSPS) is 19.5. The first-order valence-corrected chi connectivity index (χ1v) is 5.12. The maximum absolute atomic E-state index is 11.8. The van der Waals surface area contributed by atoms with E-state index in [4.69, 9.17) is 5.26 Å². The molecule has 1 saturated heterocycles. The second kappa shape index (κ2) is 4.23. The second-order valence-electron chi connectivity index (χ2n) is 3.95. The maximum Gasteiger partial charge on any atom is 0.230 e. The van der Waals surface area contributed by atoms with Gasteiger partial charge in [0.25, 0.3) is 0 Å². The Morgan fingerprint density at radius 2 is 2.56 bits per heavy atom. The third kappa shape index (κ3) is 2.14. The van der Waals surface area contributed by atoms with E-state index >= 15 is 0 Å². The van der Waals surface area contributed by atoms with Crippen LogP contribution in [0.25, 0.3) is 0 Å². The number of likely N-dealkylation sites (tertiary alicyclic amines) is 1. The molecular formula is C10H13N5O. The topological polar surface area (TPSA) is 74.0 Å². The predicted molar refractivity (Wildman–Crippen MR) is 57.1 cm³/mol. The summed E-state index contributed by atoms with van der Waals surface area (Å²) < 4.78 is 1.77. The zero-order chi connectivity index (χ0) is 11.5. The molecule has 1 aromatic rings. The Morgan fingerprint density at radius 1 is 1.75 bits per heavy atom. The number of carbonyl (C=O) groups excluding carboxylic acids is 1. The van der Waals surface area contributed by atoms with E-state index in [1.807, 2.05) is 7.05 Å². The molecule has 16 heavy (non-hydrogen) atoms. The van der Waals surface area contributed by atoms with E-state index in [9.17, 15) is 4.79 Å². The molecule has 1 aliphatic heterocycles. The molecule has 1 N–H and O–H groups in total. The van der Waals surface area contributed by atoms with Gasteiger partial charge in [0.1, 0.15) is 0 Å². The number of rotatable bonds is 2. The van der Waals surface area contributed by atoms with E-state index in [1.165, 1.54) is 0 Å². The first-order chi connectivity index (χ1) is 7.69. The van der Waals surface area contributed by atoms with Crippen LogP contribution in [0, 0.1) is 17.4 Å². The predicted octanol–water partition coefficient (Wildman–Crippen LogP) is 0.162. The number of imidazole rings is 1. The number of aryl methyl sites for hydroxylation is 1. The molecule has 0 aromatic carbocycles. The average Bonchev–Trinajstić information content (AvgIpc) is 2.87. The number of nitrogens with one attached hydrogen (secondary N) is 1. The Balaban J connectivity index is 1.92. The number of aromatic nitrogens is 2. The lowest BCUT2D eigenvalue weighted by Crippen LogP contribution is -2.25. The van der Waals surface area contributed by atoms with Gasteiger partial charge >= 0.3 is 0 Å². The Bertz CT molecular complexity index is 433. The zero-order valence-corrected chi connectivity index (χ0v) is 9.05. The molecule has 1 amide bonds. The van der Waals surface area contributed by atoms with E-state index < -0.39 is 0 Å². The summed E-state index contributed by atoms with van der Waals surface area (Å²) in [4.78, 5) is 17.4. The van der Waals surface area contributed by atoms with E-state index in [2.05, 4.69) is 16.5 Å². The van der Waals surface area contributed by atoms with E-state index in [1.54, 1.807) is 22.0 Å². The van der Waals surface area contributed by atoms with Crippen molar-refractivity contribution in [1.29, 1.82) is 5.26 Å². The van der Waals surface area contributed by atoms with Crippen molar-refractivity contribution in [3.63, 3.8) is 0 Å². The third-order valence-corrected chi connectivity index (χ3v) is 2.66. The van der Waals surface area contributed by atoms with Crippen molar-refractivity contribution in [3.05, 3.63) is 12.5 Å². The Labute approximate surface area is 93.5 Å². The first-order valence-electron chi connectivity index (χ1n) is 5.12. The van der Waals surface area contributed by atoms with Crippen LogP contribution in [-0.4, -0.2) is 33.4 Å². The van der Waals surface area contributed by atoms with Gasteiger partial charge in [0.15, 0.2) is 12.0 Å². The molecule has 0 spiro atoms. The highest BCUT2D eigenvalue weighted by Gasteiger charge is 2.27. The molecule has 84 valence electrons. The fourth-order valence-corrected chi connectivity index (χ4v) is 1.77. The number of amides is 1. The van der Waals surface area contributed by atoms with Crippen LogP contribution in [0.4, 0.5) is 5.82 Å². The number of nitrogens with zero attached hydrogens (tertiary/aromatic N) is 4. The molecule has 0 radical (unpaired) electrons. The lowest BCUT2D eigenvalue weighted by atomic mass is 10.1. The lowest BCUT2D eigenvalue weighted by Gasteiger charge is -2.08. The molecular weight excluding hydrogens is 206 g/mol. The Kier molecular flexibility index (Phi) is 2.77. The number of hydrogen-bond donors (Lipinski definition) is 1. The Morgan fingerprint density at radius 3 is 3.12 bits per heavy atom. The van der Waals surface area contributed by atoms with Crippen molar-refractivity contribution >= 4 is 11.7 Å². The van der Waals surface area contributed by atoms with E-state index in [-0.39, 0.29) is 11.8 Å². The van der Waals surface area contributed by atoms with Gasteiger partial charge in [0, 0.05) is 26.3 Å². The fraction of sp³-hybridized carbons (Fsp3) is 0.500. The van der Waals surface area contributed by atoms with Crippen molar-refractivity contribution < 1.29 is 4.79 Å². The van der Waals surface area contributed by atoms with Gasteiger partial charge in [0.05, 0.1) is 12.2 Å². The van der Waals surface area contributed by atoms with E-state index in [0.717, 1.165) is 6.42 Å². The molecule has 0 saturated carbocycles. The lowest BCUT2D eigenvalue weighted by molar-refractivity contribution is -0.119. The summed E-state index contributed by atoms with van der Waals surface area (Å²) in [5, 5.41) is 11.4. The monoisotopic (exact) mass is 219 g/mol. The van der Waals surface area contributed by atoms with Gasteiger partial charge in [-0.3, -0.25) is 4.79 Å². The molecule has 1 atom stereocenters. The van der Waals surface area contributed by atoms with Gasteiger partial charge in [-0.25, -0.2) is 4.98 Å². The minimum absolute atomic E-state index is 0.0588. The van der Waals surface area contributed by atoms with Crippen LogP contribution >= 0.6 is 0 Å². The maximum atomic E-state index is 11.8. The third-order valence-electron chi connectivity index (χ3n) is 2.66. The molecule has 1 aliphatic rings. The molecule has 0 bridgehead atoms. The van der Waals surface area contributed by atoms with Crippen LogP contribution in [0.2, 0.25) is 0 Å². The average molecular weight is 219 g/mol. The summed E-state index contributed by atoms with van der Waals surface area (Å²) in [6.45, 7) is 1.17. The molecule has 6 nitrogen and oxygen atoms in total. The molecule has 1 aromatic heterocycles. The highest BCUT2D eigenvalue weighted by atomic mass is 16.2. The molecule has 0 aliphatic carbocycles. The summed E-state index contributed by atoms with van der Waals surface area (Å²) in [5.41, 5.74) is 0. The number of anilines is 1. The van der Waals surface area contributed by atoms with Gasteiger partial charge in [0.2, 0.25) is 5.91 Å². The van der Waals surface area contributed by atoms with Crippen molar-refractivity contribution in [3.8, 4) is 6.19 Å². The van der Waals surface area contributed by atoms with Crippen molar-refractivity contribution in [2.24, 2.45) is 13.0 Å². The smallest absolute Gasteiger partial charge is 0.230 e. The number of nitriles is 1. The minimum Gasteiger partial charge on any atom is -0.338 e. The molecule has 2 rings (SSSR count). The highest BCUT2D eigenvalue weighted by Crippen LogP contribution is 2.16. The quantitative estimate of drug-likeness (QED) is 0.719. The zero-order valence-electron chi connectivity index (χ0n) is 9.05. The van der Waals surface area contributed by atoms with Gasteiger partial charge in [-0.1, -0.05) is 0 Å². The SMILES string of the molecule is Cn1cnc(NC(=O)[C@H]2CCN(C#N)C2)c1. The van der Waals surface area contributed by atoms with Crippen LogP contribution in [0.1, 0.15) is 6.42 Å². The number of hydrogen-bond acceptors (Lipinski definition) is 4. The highest BCUT2D eigenvalue weighted by molar-refractivity contribution is 5.91. The van der Waals surface area contributed by atoms with Crippen LogP contribution in [0.3, 0.4) is 0 Å². The van der Waals surface area contributed by atoms with Crippen LogP contribution in [0.5, 0.6) is 0 Å². The standard InChI is InChI=1S/C10H13N5O/c1-14-5-9(12-7-14)13-10(16)8-2-3-15(4-8)6-11/h5,7-8H,2-4H2,1H3,(H,13,16)/t8-/m0/s1. The Hall–Kier alpha value is -2.03.